The van der Waals surface area contributed by atoms with Gasteiger partial charge in [0.2, 0.25) is 5.91 Å². The van der Waals surface area contributed by atoms with Crippen LogP contribution in [-0.4, -0.2) is 61.5 Å². The minimum Gasteiger partial charge on any atom is -0.338 e. The molecule has 0 N–H and O–H groups in total. The number of likely N-dealkylation sites (tertiary alicyclic amines) is 2. The van der Waals surface area contributed by atoms with Crippen molar-refractivity contribution < 1.29 is 18.0 Å². The number of carbonyl (C=O) groups is 2. The van der Waals surface area contributed by atoms with Gasteiger partial charge in [0.1, 0.15) is 0 Å². The Balaban J connectivity index is 1.54. The summed E-state index contributed by atoms with van der Waals surface area (Å²) in [6, 6.07) is 5.42. The van der Waals surface area contributed by atoms with Crippen LogP contribution in [0.5, 0.6) is 0 Å². The molecule has 7 heteroatoms. The quantitative estimate of drug-likeness (QED) is 0.791. The van der Waals surface area contributed by atoms with E-state index in [9.17, 15) is 18.0 Å². The van der Waals surface area contributed by atoms with E-state index in [1.165, 1.54) is 6.07 Å². The van der Waals surface area contributed by atoms with Crippen molar-refractivity contribution in [1.29, 1.82) is 0 Å². The van der Waals surface area contributed by atoms with Gasteiger partial charge in [-0.05, 0) is 56.2 Å². The Kier molecular flexibility index (Phi) is 4.53. The molecule has 4 rings (SSSR count). The average molecular weight is 391 g/mol. The number of hydrogen-bond acceptors (Lipinski definition) is 4. The number of hydrogen-bond donors (Lipinski definition) is 0. The van der Waals surface area contributed by atoms with Crippen LogP contribution in [0.15, 0.2) is 23.1 Å². The van der Waals surface area contributed by atoms with Crippen molar-refractivity contribution in [3.05, 3.63) is 29.3 Å². The van der Waals surface area contributed by atoms with E-state index in [1.807, 2.05) is 11.8 Å². The van der Waals surface area contributed by atoms with E-state index >= 15 is 0 Å². The Hall–Kier alpha value is -1.89. The SMILES string of the molecule is Cc1ccc(S(C)(=O)=O)cc1C(=O)N1CC[C@H]2[C@H](CCC(=O)N2C2CC2)C1. The van der Waals surface area contributed by atoms with Crippen molar-refractivity contribution in [3.8, 4) is 0 Å². The second kappa shape index (κ2) is 6.62. The smallest absolute Gasteiger partial charge is 0.254 e. The standard InChI is InChI=1S/C20H26N2O4S/c1-13-3-7-16(27(2,25)26)11-17(13)20(24)21-10-9-18-14(12-21)4-8-19(23)22(18)15-5-6-15/h3,7,11,14-15,18H,4-6,8-10,12H2,1-2H3/t14-,18+/m1/s1. The molecule has 3 fully saturated rings. The van der Waals surface area contributed by atoms with E-state index in [0.29, 0.717) is 37.0 Å². The van der Waals surface area contributed by atoms with Crippen LogP contribution in [0.25, 0.3) is 0 Å². The molecule has 0 unspecified atom stereocenters. The molecule has 146 valence electrons. The van der Waals surface area contributed by atoms with E-state index in [4.69, 9.17) is 0 Å². The van der Waals surface area contributed by atoms with Gasteiger partial charge in [0, 0.05) is 43.4 Å². The number of rotatable bonds is 3. The number of sulfone groups is 1. The Morgan fingerprint density at radius 2 is 1.89 bits per heavy atom. The Labute approximate surface area is 160 Å². The van der Waals surface area contributed by atoms with E-state index in [0.717, 1.165) is 37.5 Å². The molecule has 1 saturated carbocycles. The lowest BCUT2D eigenvalue weighted by Crippen LogP contribution is -2.57. The fraction of sp³-hybridized carbons (Fsp3) is 0.600. The summed E-state index contributed by atoms with van der Waals surface area (Å²) in [4.78, 5) is 29.6. The predicted molar refractivity (Wildman–Crippen MR) is 101 cm³/mol. The largest absolute Gasteiger partial charge is 0.338 e. The second-order valence-electron chi connectivity index (χ2n) is 8.19. The van der Waals surface area contributed by atoms with Crippen LogP contribution in [0.4, 0.5) is 0 Å². The zero-order chi connectivity index (χ0) is 19.3. The summed E-state index contributed by atoms with van der Waals surface area (Å²) < 4.78 is 23.7. The van der Waals surface area contributed by atoms with Crippen LogP contribution in [-0.2, 0) is 14.6 Å². The van der Waals surface area contributed by atoms with E-state index in [-0.39, 0.29) is 22.8 Å². The fourth-order valence-corrected chi connectivity index (χ4v) is 5.18. The molecule has 2 aliphatic heterocycles. The highest BCUT2D eigenvalue weighted by atomic mass is 32.2. The summed E-state index contributed by atoms with van der Waals surface area (Å²) in [5, 5.41) is 0. The molecule has 1 aromatic rings. The maximum absolute atomic E-state index is 13.1. The summed E-state index contributed by atoms with van der Waals surface area (Å²) >= 11 is 0. The van der Waals surface area contributed by atoms with Crippen LogP contribution < -0.4 is 0 Å². The highest BCUT2D eigenvalue weighted by Crippen LogP contribution is 2.39. The summed E-state index contributed by atoms with van der Waals surface area (Å²) in [6.45, 7) is 3.09. The Bertz CT molecular complexity index is 891. The molecular weight excluding hydrogens is 364 g/mol. The molecule has 3 aliphatic rings. The first kappa shape index (κ1) is 18.5. The number of benzene rings is 1. The molecule has 27 heavy (non-hydrogen) atoms. The van der Waals surface area contributed by atoms with Crippen LogP contribution in [0.3, 0.4) is 0 Å². The monoisotopic (exact) mass is 390 g/mol. The summed E-state index contributed by atoms with van der Waals surface area (Å²) in [5.41, 5.74) is 1.25. The molecule has 2 heterocycles. The lowest BCUT2D eigenvalue weighted by molar-refractivity contribution is -0.141. The third kappa shape index (κ3) is 3.49. The number of fused-ring (bicyclic) bond motifs is 1. The molecule has 0 bridgehead atoms. The number of piperidine rings is 2. The van der Waals surface area contributed by atoms with Gasteiger partial charge in [0.25, 0.3) is 5.91 Å². The van der Waals surface area contributed by atoms with Crippen molar-refractivity contribution in [3.63, 3.8) is 0 Å². The van der Waals surface area contributed by atoms with Crippen LogP contribution in [0, 0.1) is 12.8 Å². The van der Waals surface area contributed by atoms with Crippen LogP contribution in [0.1, 0.15) is 48.0 Å². The van der Waals surface area contributed by atoms with Gasteiger partial charge < -0.3 is 9.80 Å². The van der Waals surface area contributed by atoms with Crippen LogP contribution in [0.2, 0.25) is 0 Å². The zero-order valence-electron chi connectivity index (χ0n) is 15.8. The van der Waals surface area contributed by atoms with Crippen molar-refractivity contribution in [2.75, 3.05) is 19.3 Å². The van der Waals surface area contributed by atoms with Crippen molar-refractivity contribution in [2.45, 2.75) is 56.0 Å². The van der Waals surface area contributed by atoms with Crippen molar-refractivity contribution >= 4 is 21.7 Å². The summed E-state index contributed by atoms with van der Waals surface area (Å²) in [5.74, 6) is 0.487. The number of carbonyl (C=O) groups excluding carboxylic acids is 2. The molecular formula is C20H26N2O4S. The normalized spacial score (nSPS) is 26.1. The van der Waals surface area contributed by atoms with Gasteiger partial charge in [-0.25, -0.2) is 8.42 Å². The Morgan fingerprint density at radius 3 is 2.56 bits per heavy atom. The molecule has 1 aliphatic carbocycles. The third-order valence-corrected chi connectivity index (χ3v) is 7.27. The molecule has 0 spiro atoms. The van der Waals surface area contributed by atoms with E-state index in [2.05, 4.69) is 4.90 Å². The number of nitrogens with zero attached hydrogens (tertiary/aromatic N) is 2. The van der Waals surface area contributed by atoms with Gasteiger partial charge in [0.15, 0.2) is 9.84 Å². The van der Waals surface area contributed by atoms with Crippen LogP contribution >= 0.6 is 0 Å². The van der Waals surface area contributed by atoms with Gasteiger partial charge in [-0.1, -0.05) is 6.07 Å². The van der Waals surface area contributed by atoms with E-state index < -0.39 is 9.84 Å². The lowest BCUT2D eigenvalue weighted by Gasteiger charge is -2.47. The zero-order valence-corrected chi connectivity index (χ0v) is 16.7. The highest BCUT2D eigenvalue weighted by Gasteiger charge is 2.45. The maximum Gasteiger partial charge on any atom is 0.254 e. The first-order valence-electron chi connectivity index (χ1n) is 9.67. The first-order chi connectivity index (χ1) is 12.8. The first-order valence-corrected chi connectivity index (χ1v) is 11.6. The Morgan fingerprint density at radius 1 is 1.15 bits per heavy atom. The molecule has 1 aromatic carbocycles. The van der Waals surface area contributed by atoms with Gasteiger partial charge in [-0.3, -0.25) is 9.59 Å². The minimum atomic E-state index is -3.36. The van der Waals surface area contributed by atoms with Gasteiger partial charge in [0.05, 0.1) is 4.90 Å². The topological polar surface area (TPSA) is 74.8 Å². The van der Waals surface area contributed by atoms with E-state index in [1.54, 1.807) is 12.1 Å². The number of amides is 2. The lowest BCUT2D eigenvalue weighted by atomic mass is 9.83. The molecule has 0 aromatic heterocycles. The fourth-order valence-electron chi connectivity index (χ4n) is 4.54. The molecule has 6 nitrogen and oxygen atoms in total. The molecule has 2 saturated heterocycles. The predicted octanol–water partition coefficient (Wildman–Crippen LogP) is 2.01. The van der Waals surface area contributed by atoms with Gasteiger partial charge >= 0.3 is 0 Å². The van der Waals surface area contributed by atoms with Gasteiger partial charge in [-0.15, -0.1) is 0 Å². The van der Waals surface area contributed by atoms with Crippen molar-refractivity contribution in [2.24, 2.45) is 5.92 Å². The average Bonchev–Trinajstić information content (AvgIpc) is 3.45. The van der Waals surface area contributed by atoms with Crippen molar-refractivity contribution in [1.82, 2.24) is 9.80 Å². The molecule has 0 radical (unpaired) electrons. The summed E-state index contributed by atoms with van der Waals surface area (Å²) in [6.07, 6.45) is 5.58. The maximum atomic E-state index is 13.1. The number of aryl methyl sites for hydroxylation is 1. The highest BCUT2D eigenvalue weighted by molar-refractivity contribution is 7.90. The third-order valence-electron chi connectivity index (χ3n) is 6.16. The van der Waals surface area contributed by atoms with Gasteiger partial charge in [-0.2, -0.15) is 0 Å². The minimum absolute atomic E-state index is 0.105. The molecule has 2 amide bonds. The summed E-state index contributed by atoms with van der Waals surface area (Å²) in [7, 11) is -3.36. The molecule has 2 atom stereocenters. The second-order valence-corrected chi connectivity index (χ2v) is 10.2.